The highest BCUT2D eigenvalue weighted by Crippen LogP contribution is 2.23. The van der Waals surface area contributed by atoms with Crippen LogP contribution in [0, 0.1) is 18.3 Å². The van der Waals surface area contributed by atoms with Crippen LogP contribution in [-0.4, -0.2) is 39.2 Å². The molecule has 0 aliphatic heterocycles. The second kappa shape index (κ2) is 8.27. The minimum atomic E-state index is -1.21. The lowest BCUT2D eigenvalue weighted by atomic mass is 9.86. The van der Waals surface area contributed by atoms with Crippen LogP contribution in [0.2, 0.25) is 0 Å². The fourth-order valence-electron chi connectivity index (χ4n) is 1.45. The topological polar surface area (TPSA) is 78.9 Å². The first-order chi connectivity index (χ1) is 8.51. The van der Waals surface area contributed by atoms with Crippen LogP contribution in [0.15, 0.2) is 12.7 Å². The standard InChI is InChI=1S/C12H17O6/c1-5-6-8(7-9(13)16-2)10(11(14)17-3)12(15)18-4/h5-6,8,10H,1,7H2,2-4H3/t8-/m1/s1. The summed E-state index contributed by atoms with van der Waals surface area (Å²) in [6.07, 6.45) is 2.72. The third-order valence-electron chi connectivity index (χ3n) is 2.35. The maximum absolute atomic E-state index is 11.6. The first-order valence-electron chi connectivity index (χ1n) is 5.20. The lowest BCUT2D eigenvalue weighted by molar-refractivity contribution is -0.161. The molecule has 0 rings (SSSR count). The van der Waals surface area contributed by atoms with Crippen molar-refractivity contribution < 1.29 is 28.6 Å². The molecule has 0 N–H and O–H groups in total. The molecule has 0 fully saturated rings. The predicted molar refractivity (Wildman–Crippen MR) is 62.1 cm³/mol. The molecule has 0 aromatic carbocycles. The predicted octanol–water partition coefficient (Wildman–Crippen LogP) is 0.518. The summed E-state index contributed by atoms with van der Waals surface area (Å²) in [5, 5.41) is 0. The first-order valence-corrected chi connectivity index (χ1v) is 5.20. The van der Waals surface area contributed by atoms with Crippen molar-refractivity contribution in [2.45, 2.75) is 6.42 Å². The Kier molecular flexibility index (Phi) is 7.42. The fourth-order valence-corrected chi connectivity index (χ4v) is 1.45. The van der Waals surface area contributed by atoms with E-state index in [9.17, 15) is 14.4 Å². The third-order valence-corrected chi connectivity index (χ3v) is 2.35. The number of carbonyl (C=O) groups excluding carboxylic acids is 3. The van der Waals surface area contributed by atoms with Crippen LogP contribution < -0.4 is 0 Å². The van der Waals surface area contributed by atoms with Gasteiger partial charge < -0.3 is 14.2 Å². The van der Waals surface area contributed by atoms with Gasteiger partial charge >= 0.3 is 17.9 Å². The van der Waals surface area contributed by atoms with E-state index in [0.717, 1.165) is 14.2 Å². The van der Waals surface area contributed by atoms with Crippen molar-refractivity contribution in [3.05, 3.63) is 19.1 Å². The molecular weight excluding hydrogens is 240 g/mol. The number of allylic oxidation sites excluding steroid dienone is 1. The number of ether oxygens (including phenoxy) is 3. The van der Waals surface area contributed by atoms with Gasteiger partial charge in [0.2, 0.25) is 0 Å². The zero-order valence-electron chi connectivity index (χ0n) is 10.7. The molecule has 0 amide bonds. The smallest absolute Gasteiger partial charge is 0.320 e. The van der Waals surface area contributed by atoms with Crippen molar-refractivity contribution in [1.29, 1.82) is 0 Å². The maximum atomic E-state index is 11.6. The number of carbonyl (C=O) groups is 3. The minimum Gasteiger partial charge on any atom is -0.469 e. The quantitative estimate of drug-likeness (QED) is 0.376. The summed E-state index contributed by atoms with van der Waals surface area (Å²) in [7, 11) is 3.53. The molecular formula is C12H17O6. The van der Waals surface area contributed by atoms with E-state index in [-0.39, 0.29) is 6.42 Å². The number of rotatable bonds is 7. The summed E-state index contributed by atoms with van der Waals surface area (Å²) >= 11 is 0. The van der Waals surface area contributed by atoms with Crippen molar-refractivity contribution in [3.63, 3.8) is 0 Å². The van der Waals surface area contributed by atoms with E-state index in [2.05, 4.69) is 20.8 Å². The summed E-state index contributed by atoms with van der Waals surface area (Å²) in [4.78, 5) is 34.4. The molecule has 0 aliphatic carbocycles. The maximum Gasteiger partial charge on any atom is 0.320 e. The van der Waals surface area contributed by atoms with Crippen molar-refractivity contribution >= 4 is 17.9 Å². The Morgan fingerprint density at radius 1 is 1.06 bits per heavy atom. The van der Waals surface area contributed by atoms with Crippen molar-refractivity contribution in [2.24, 2.45) is 11.8 Å². The summed E-state index contributed by atoms with van der Waals surface area (Å²) < 4.78 is 13.6. The van der Waals surface area contributed by atoms with E-state index < -0.39 is 29.7 Å². The number of esters is 3. The molecule has 0 unspecified atom stereocenters. The molecule has 0 aliphatic rings. The Morgan fingerprint density at radius 2 is 1.56 bits per heavy atom. The molecule has 1 radical (unpaired) electrons. The van der Waals surface area contributed by atoms with E-state index in [1.54, 1.807) is 0 Å². The van der Waals surface area contributed by atoms with Crippen molar-refractivity contribution in [2.75, 3.05) is 21.3 Å². The molecule has 0 saturated carbocycles. The van der Waals surface area contributed by atoms with E-state index in [0.29, 0.717) is 0 Å². The Labute approximate surface area is 106 Å². The van der Waals surface area contributed by atoms with Crippen molar-refractivity contribution in [3.8, 4) is 0 Å². The van der Waals surface area contributed by atoms with Gasteiger partial charge in [0.1, 0.15) is 0 Å². The first kappa shape index (κ1) is 16.1. The highest BCUT2D eigenvalue weighted by Gasteiger charge is 2.37. The lowest BCUT2D eigenvalue weighted by Gasteiger charge is -2.20. The molecule has 0 bridgehead atoms. The Bertz CT molecular complexity index is 307. The van der Waals surface area contributed by atoms with Crippen LogP contribution in [0.25, 0.3) is 0 Å². The Balaban J connectivity index is 5.07. The van der Waals surface area contributed by atoms with Gasteiger partial charge in [0.15, 0.2) is 5.92 Å². The SMILES string of the molecule is C=C[CH][C@H](CC(=O)OC)C(C(=O)OC)C(=O)OC. The van der Waals surface area contributed by atoms with Crippen LogP contribution in [0.5, 0.6) is 0 Å². The second-order valence-corrected chi connectivity index (χ2v) is 3.40. The Hall–Kier alpha value is -1.85. The normalized spacial score (nSPS) is 11.6. The van der Waals surface area contributed by atoms with Gasteiger partial charge in [-0.1, -0.05) is 6.08 Å². The summed E-state index contributed by atoms with van der Waals surface area (Å²) in [5.41, 5.74) is 0. The molecule has 0 heterocycles. The van der Waals surface area contributed by atoms with Crippen LogP contribution in [0.1, 0.15) is 6.42 Å². The van der Waals surface area contributed by atoms with Crippen LogP contribution >= 0.6 is 0 Å². The zero-order chi connectivity index (χ0) is 14.1. The molecule has 0 aromatic heterocycles. The molecule has 101 valence electrons. The molecule has 0 aromatic rings. The highest BCUT2D eigenvalue weighted by atomic mass is 16.5. The molecule has 1 atom stereocenters. The molecule has 18 heavy (non-hydrogen) atoms. The molecule has 0 spiro atoms. The van der Waals surface area contributed by atoms with Gasteiger partial charge in [-0.3, -0.25) is 14.4 Å². The average molecular weight is 257 g/mol. The zero-order valence-corrected chi connectivity index (χ0v) is 10.7. The van der Waals surface area contributed by atoms with Gasteiger partial charge in [0.05, 0.1) is 27.8 Å². The van der Waals surface area contributed by atoms with Gasteiger partial charge in [0, 0.05) is 5.92 Å². The van der Waals surface area contributed by atoms with E-state index in [4.69, 9.17) is 0 Å². The van der Waals surface area contributed by atoms with Gasteiger partial charge in [0.25, 0.3) is 0 Å². The minimum absolute atomic E-state index is 0.141. The third kappa shape index (κ3) is 4.57. The van der Waals surface area contributed by atoms with E-state index in [1.165, 1.54) is 19.6 Å². The second-order valence-electron chi connectivity index (χ2n) is 3.40. The molecule has 0 saturated heterocycles. The summed E-state index contributed by atoms with van der Waals surface area (Å²) in [5.74, 6) is -4.01. The monoisotopic (exact) mass is 257 g/mol. The summed E-state index contributed by atoms with van der Waals surface area (Å²) in [6.45, 7) is 3.47. The fraction of sp³-hybridized carbons (Fsp3) is 0.500. The number of hydrogen-bond donors (Lipinski definition) is 0. The van der Waals surface area contributed by atoms with Gasteiger partial charge in [-0.25, -0.2) is 0 Å². The van der Waals surface area contributed by atoms with Gasteiger partial charge in [-0.05, 0) is 6.42 Å². The van der Waals surface area contributed by atoms with Crippen LogP contribution in [0.3, 0.4) is 0 Å². The molecule has 6 nitrogen and oxygen atoms in total. The number of methoxy groups -OCH3 is 3. The summed E-state index contributed by atoms with van der Waals surface area (Å²) in [6, 6.07) is 0. The largest absolute Gasteiger partial charge is 0.469 e. The average Bonchev–Trinajstić information content (AvgIpc) is 2.38. The lowest BCUT2D eigenvalue weighted by Crippen LogP contribution is -2.34. The van der Waals surface area contributed by atoms with Gasteiger partial charge in [-0.2, -0.15) is 0 Å². The van der Waals surface area contributed by atoms with Crippen LogP contribution in [0.4, 0.5) is 0 Å². The highest BCUT2D eigenvalue weighted by molar-refractivity contribution is 5.96. The van der Waals surface area contributed by atoms with E-state index in [1.807, 2.05) is 0 Å². The van der Waals surface area contributed by atoms with Crippen LogP contribution in [-0.2, 0) is 28.6 Å². The van der Waals surface area contributed by atoms with E-state index >= 15 is 0 Å². The molecule has 6 heteroatoms. The Morgan fingerprint density at radius 3 is 1.89 bits per heavy atom. The van der Waals surface area contributed by atoms with Crippen molar-refractivity contribution in [1.82, 2.24) is 0 Å². The van der Waals surface area contributed by atoms with Gasteiger partial charge in [-0.15, -0.1) is 6.58 Å². The number of hydrogen-bond acceptors (Lipinski definition) is 6.